The Balaban J connectivity index is 1.94. The van der Waals surface area contributed by atoms with Crippen LogP contribution < -0.4 is 5.32 Å². The molecule has 1 unspecified atom stereocenters. The Bertz CT molecular complexity index is 508. The summed E-state index contributed by atoms with van der Waals surface area (Å²) in [5.74, 6) is 0.0715. The number of nitrogens with one attached hydrogen (secondary N) is 1. The summed E-state index contributed by atoms with van der Waals surface area (Å²) in [4.78, 5) is 31.3. The maximum absolute atomic E-state index is 12.7. The SMILES string of the molecule is CCC1NC(=O)C2(CCCC2)N(Cc2nccs2)C1=O. The van der Waals surface area contributed by atoms with Gasteiger partial charge in [0, 0.05) is 11.6 Å². The van der Waals surface area contributed by atoms with Crippen molar-refractivity contribution in [1.82, 2.24) is 15.2 Å². The van der Waals surface area contributed by atoms with E-state index in [1.807, 2.05) is 12.3 Å². The molecule has 1 saturated heterocycles. The smallest absolute Gasteiger partial charge is 0.246 e. The summed E-state index contributed by atoms with van der Waals surface area (Å²) < 4.78 is 0. The average molecular weight is 293 g/mol. The van der Waals surface area contributed by atoms with Crippen LogP contribution in [0.2, 0.25) is 0 Å². The number of thiazole rings is 1. The molecule has 1 aromatic rings. The fourth-order valence-electron chi connectivity index (χ4n) is 3.31. The normalized spacial score (nSPS) is 25.2. The van der Waals surface area contributed by atoms with E-state index in [1.54, 1.807) is 11.1 Å². The number of nitrogens with zero attached hydrogens (tertiary/aromatic N) is 2. The van der Waals surface area contributed by atoms with Crippen LogP contribution in [-0.2, 0) is 16.1 Å². The van der Waals surface area contributed by atoms with Crippen LogP contribution in [-0.4, -0.2) is 33.3 Å². The Morgan fingerprint density at radius 1 is 1.45 bits per heavy atom. The third-order valence-electron chi connectivity index (χ3n) is 4.42. The van der Waals surface area contributed by atoms with Crippen LogP contribution in [0.1, 0.15) is 44.0 Å². The van der Waals surface area contributed by atoms with Gasteiger partial charge in [0.25, 0.3) is 0 Å². The summed E-state index contributed by atoms with van der Waals surface area (Å²) in [5, 5.41) is 5.71. The first-order chi connectivity index (χ1) is 9.67. The minimum Gasteiger partial charge on any atom is -0.342 e. The van der Waals surface area contributed by atoms with Crippen LogP contribution in [0.5, 0.6) is 0 Å². The van der Waals surface area contributed by atoms with Gasteiger partial charge >= 0.3 is 0 Å². The molecule has 1 atom stereocenters. The topological polar surface area (TPSA) is 62.3 Å². The summed E-state index contributed by atoms with van der Waals surface area (Å²) in [6.45, 7) is 2.39. The summed E-state index contributed by atoms with van der Waals surface area (Å²) in [7, 11) is 0. The predicted octanol–water partition coefficient (Wildman–Crippen LogP) is 1.69. The molecule has 2 heterocycles. The van der Waals surface area contributed by atoms with Crippen LogP contribution in [0.4, 0.5) is 0 Å². The molecule has 0 aromatic carbocycles. The average Bonchev–Trinajstić information content (AvgIpc) is 3.11. The second-order valence-corrected chi connectivity index (χ2v) is 6.50. The highest BCUT2D eigenvalue weighted by molar-refractivity contribution is 7.09. The van der Waals surface area contributed by atoms with Crippen LogP contribution in [0.15, 0.2) is 11.6 Å². The molecule has 2 fully saturated rings. The zero-order chi connectivity index (χ0) is 14.2. The van der Waals surface area contributed by atoms with Crippen molar-refractivity contribution in [2.75, 3.05) is 0 Å². The molecule has 1 spiro atoms. The zero-order valence-electron chi connectivity index (χ0n) is 11.6. The Kier molecular flexibility index (Phi) is 3.50. The van der Waals surface area contributed by atoms with Crippen molar-refractivity contribution >= 4 is 23.2 Å². The van der Waals surface area contributed by atoms with Crippen molar-refractivity contribution in [1.29, 1.82) is 0 Å². The van der Waals surface area contributed by atoms with E-state index < -0.39 is 5.54 Å². The minimum atomic E-state index is -0.631. The van der Waals surface area contributed by atoms with Crippen molar-refractivity contribution < 1.29 is 9.59 Å². The Morgan fingerprint density at radius 3 is 2.80 bits per heavy atom. The maximum Gasteiger partial charge on any atom is 0.246 e. The first kappa shape index (κ1) is 13.5. The lowest BCUT2D eigenvalue weighted by Gasteiger charge is -2.46. The molecule has 1 N–H and O–H groups in total. The van der Waals surface area contributed by atoms with Gasteiger partial charge in [0.2, 0.25) is 11.8 Å². The summed E-state index contributed by atoms with van der Waals surface area (Å²) in [6.07, 6.45) is 5.93. The van der Waals surface area contributed by atoms with E-state index in [0.717, 1.165) is 30.7 Å². The van der Waals surface area contributed by atoms with E-state index in [-0.39, 0.29) is 17.9 Å². The summed E-state index contributed by atoms with van der Waals surface area (Å²) in [5.41, 5.74) is -0.631. The lowest BCUT2D eigenvalue weighted by molar-refractivity contribution is -0.158. The quantitative estimate of drug-likeness (QED) is 0.922. The molecule has 6 heteroatoms. The van der Waals surface area contributed by atoms with Gasteiger partial charge in [0.1, 0.15) is 16.6 Å². The van der Waals surface area contributed by atoms with Crippen molar-refractivity contribution in [3.63, 3.8) is 0 Å². The molecule has 2 aliphatic rings. The van der Waals surface area contributed by atoms with E-state index in [4.69, 9.17) is 0 Å². The molecule has 5 nitrogen and oxygen atoms in total. The van der Waals surface area contributed by atoms with Gasteiger partial charge in [-0.25, -0.2) is 4.98 Å². The number of hydrogen-bond acceptors (Lipinski definition) is 4. The fraction of sp³-hybridized carbons (Fsp3) is 0.643. The van der Waals surface area contributed by atoms with Gasteiger partial charge in [-0.3, -0.25) is 9.59 Å². The van der Waals surface area contributed by atoms with Gasteiger partial charge in [-0.1, -0.05) is 19.8 Å². The van der Waals surface area contributed by atoms with Crippen molar-refractivity contribution in [2.45, 2.75) is 57.2 Å². The molecule has 1 saturated carbocycles. The van der Waals surface area contributed by atoms with Crippen LogP contribution in [0.3, 0.4) is 0 Å². The monoisotopic (exact) mass is 293 g/mol. The molecular formula is C14H19N3O2S. The van der Waals surface area contributed by atoms with Crippen molar-refractivity contribution in [2.24, 2.45) is 0 Å². The van der Waals surface area contributed by atoms with Crippen LogP contribution >= 0.6 is 11.3 Å². The van der Waals surface area contributed by atoms with E-state index in [9.17, 15) is 9.59 Å². The number of rotatable bonds is 3. The molecule has 20 heavy (non-hydrogen) atoms. The third-order valence-corrected chi connectivity index (χ3v) is 5.19. The number of aromatic nitrogens is 1. The molecule has 108 valence electrons. The Hall–Kier alpha value is -1.43. The van der Waals surface area contributed by atoms with Crippen molar-refractivity contribution in [3.8, 4) is 0 Å². The number of amides is 2. The number of piperazine rings is 1. The number of hydrogen-bond donors (Lipinski definition) is 1. The van der Waals surface area contributed by atoms with E-state index in [2.05, 4.69) is 10.3 Å². The highest BCUT2D eigenvalue weighted by Gasteiger charge is 2.53. The fourth-order valence-corrected chi connectivity index (χ4v) is 3.91. The van der Waals surface area contributed by atoms with Gasteiger partial charge in [-0.2, -0.15) is 0 Å². The number of carbonyl (C=O) groups is 2. The second kappa shape index (κ2) is 5.16. The molecule has 1 aromatic heterocycles. The van der Waals surface area contributed by atoms with E-state index >= 15 is 0 Å². The molecular weight excluding hydrogens is 274 g/mol. The van der Waals surface area contributed by atoms with Gasteiger partial charge in [0.05, 0.1) is 6.54 Å². The molecule has 0 radical (unpaired) electrons. The molecule has 0 bridgehead atoms. The first-order valence-electron chi connectivity index (χ1n) is 7.18. The molecule has 1 aliphatic carbocycles. The van der Waals surface area contributed by atoms with Gasteiger partial charge < -0.3 is 10.2 Å². The number of carbonyl (C=O) groups excluding carboxylic acids is 2. The molecule has 3 rings (SSSR count). The molecule has 2 amide bonds. The lowest BCUT2D eigenvalue weighted by Crippen LogP contribution is -2.69. The van der Waals surface area contributed by atoms with E-state index in [0.29, 0.717) is 13.0 Å². The van der Waals surface area contributed by atoms with Crippen molar-refractivity contribution in [3.05, 3.63) is 16.6 Å². The lowest BCUT2D eigenvalue weighted by atomic mass is 9.89. The van der Waals surface area contributed by atoms with Gasteiger partial charge in [-0.05, 0) is 19.3 Å². The van der Waals surface area contributed by atoms with Gasteiger partial charge in [-0.15, -0.1) is 11.3 Å². The Labute approximate surface area is 122 Å². The molecule has 1 aliphatic heterocycles. The maximum atomic E-state index is 12.7. The minimum absolute atomic E-state index is 0.0259. The highest BCUT2D eigenvalue weighted by atomic mass is 32.1. The third kappa shape index (κ3) is 2.02. The van der Waals surface area contributed by atoms with E-state index in [1.165, 1.54) is 11.3 Å². The summed E-state index contributed by atoms with van der Waals surface area (Å²) >= 11 is 1.53. The largest absolute Gasteiger partial charge is 0.342 e. The Morgan fingerprint density at radius 2 is 2.20 bits per heavy atom. The summed E-state index contributed by atoms with van der Waals surface area (Å²) in [6, 6.07) is -0.381. The van der Waals surface area contributed by atoms with Gasteiger partial charge in [0.15, 0.2) is 0 Å². The highest BCUT2D eigenvalue weighted by Crippen LogP contribution is 2.39. The zero-order valence-corrected chi connectivity index (χ0v) is 12.4. The first-order valence-corrected chi connectivity index (χ1v) is 8.06. The standard InChI is InChI=1S/C14H19N3O2S/c1-2-10-12(18)17(9-11-15-7-8-20-11)14(13(19)16-10)5-3-4-6-14/h7-8,10H,2-6,9H2,1H3,(H,16,19). The van der Waals surface area contributed by atoms with Crippen LogP contribution in [0, 0.1) is 0 Å². The predicted molar refractivity (Wildman–Crippen MR) is 76.1 cm³/mol. The second-order valence-electron chi connectivity index (χ2n) is 5.52. The van der Waals surface area contributed by atoms with Crippen LogP contribution in [0.25, 0.3) is 0 Å².